The van der Waals surface area contributed by atoms with Crippen LogP contribution in [0.15, 0.2) is 12.1 Å². The molecule has 1 heterocycles. The quantitative estimate of drug-likeness (QED) is 0.856. The lowest BCUT2D eigenvalue weighted by Gasteiger charge is -2.39. The number of nitrogens with one attached hydrogen (secondary N) is 1. The molecule has 1 aliphatic rings. The molecular weight excluding hydrogens is 224 g/mol. The molecule has 0 amide bonds. The molecule has 1 aromatic carbocycles. The maximum atomic E-state index is 9.21. The molecule has 0 bridgehead atoms. The molecule has 0 radical (unpaired) electrons. The molecule has 0 aliphatic carbocycles. The Morgan fingerprint density at radius 1 is 1.28 bits per heavy atom. The monoisotopic (exact) mass is 248 g/mol. The summed E-state index contributed by atoms with van der Waals surface area (Å²) in [4.78, 5) is 2.47. The molecule has 1 aliphatic heterocycles. The van der Waals surface area contributed by atoms with Crippen LogP contribution in [0.1, 0.15) is 23.1 Å². The predicted octanol–water partition coefficient (Wildman–Crippen LogP) is 1.77. The van der Waals surface area contributed by atoms with E-state index in [1.807, 2.05) is 0 Å². The Morgan fingerprint density at radius 2 is 1.94 bits per heavy atom. The van der Waals surface area contributed by atoms with Gasteiger partial charge in [0.25, 0.3) is 0 Å². The second-order valence-electron chi connectivity index (χ2n) is 5.31. The van der Waals surface area contributed by atoms with Gasteiger partial charge in [0.15, 0.2) is 0 Å². The van der Waals surface area contributed by atoms with Gasteiger partial charge in [0, 0.05) is 38.0 Å². The first-order valence-electron chi connectivity index (χ1n) is 6.79. The molecule has 1 saturated heterocycles. The van der Waals surface area contributed by atoms with Gasteiger partial charge in [-0.1, -0.05) is 17.7 Å². The highest BCUT2D eigenvalue weighted by Gasteiger charge is 2.24. The number of hydrogen-bond acceptors (Lipinski definition) is 3. The average molecular weight is 248 g/mol. The zero-order valence-electron chi connectivity index (χ0n) is 11.7. The van der Waals surface area contributed by atoms with Crippen molar-refractivity contribution in [3.05, 3.63) is 28.8 Å². The summed E-state index contributed by atoms with van der Waals surface area (Å²) < 4.78 is 0. The fraction of sp³-hybridized carbons (Fsp3) is 0.600. The average Bonchev–Trinajstić information content (AvgIpc) is 2.30. The van der Waals surface area contributed by atoms with Crippen LogP contribution in [0.25, 0.3) is 0 Å². The first-order valence-corrected chi connectivity index (χ1v) is 6.79. The second-order valence-corrected chi connectivity index (χ2v) is 5.31. The first-order chi connectivity index (χ1) is 8.63. The Morgan fingerprint density at radius 3 is 2.56 bits per heavy atom. The van der Waals surface area contributed by atoms with Crippen LogP contribution in [0.3, 0.4) is 0 Å². The highest BCUT2D eigenvalue weighted by molar-refractivity contribution is 5.61. The van der Waals surface area contributed by atoms with Gasteiger partial charge in [-0.2, -0.15) is 0 Å². The minimum Gasteiger partial charge on any atom is -0.396 e. The lowest BCUT2D eigenvalue weighted by Crippen LogP contribution is -2.52. The number of aliphatic hydroxyl groups excluding tert-OH is 1. The van der Waals surface area contributed by atoms with E-state index in [0.717, 1.165) is 26.1 Å². The fourth-order valence-electron chi connectivity index (χ4n) is 3.09. The van der Waals surface area contributed by atoms with E-state index in [-0.39, 0.29) is 6.61 Å². The molecule has 3 heteroatoms. The van der Waals surface area contributed by atoms with Crippen molar-refractivity contribution in [3.8, 4) is 0 Å². The van der Waals surface area contributed by atoms with Crippen LogP contribution in [-0.2, 0) is 0 Å². The Bertz CT molecular complexity index is 392. The number of rotatable bonds is 3. The van der Waals surface area contributed by atoms with E-state index in [2.05, 4.69) is 43.1 Å². The van der Waals surface area contributed by atoms with Gasteiger partial charge in [-0.25, -0.2) is 0 Å². The molecule has 0 aromatic heterocycles. The minimum atomic E-state index is 0.257. The molecule has 3 nitrogen and oxygen atoms in total. The van der Waals surface area contributed by atoms with Crippen LogP contribution >= 0.6 is 0 Å². The largest absolute Gasteiger partial charge is 0.396 e. The van der Waals surface area contributed by atoms with Crippen molar-refractivity contribution in [2.45, 2.75) is 33.2 Å². The van der Waals surface area contributed by atoms with Crippen molar-refractivity contribution in [1.29, 1.82) is 0 Å². The Balaban J connectivity index is 2.33. The predicted molar refractivity (Wildman–Crippen MR) is 76.4 cm³/mol. The number of aryl methyl sites for hydroxylation is 3. The van der Waals surface area contributed by atoms with Crippen LogP contribution in [-0.4, -0.2) is 37.4 Å². The molecule has 1 fully saturated rings. The second kappa shape index (κ2) is 5.72. The number of aliphatic hydroxyl groups is 1. The molecule has 100 valence electrons. The molecule has 0 saturated carbocycles. The van der Waals surface area contributed by atoms with Gasteiger partial charge in [-0.3, -0.25) is 0 Å². The summed E-state index contributed by atoms with van der Waals surface area (Å²) in [6.45, 7) is 9.79. The van der Waals surface area contributed by atoms with E-state index >= 15 is 0 Å². The van der Waals surface area contributed by atoms with Gasteiger partial charge in [-0.05, 0) is 38.3 Å². The molecule has 1 unspecified atom stereocenters. The van der Waals surface area contributed by atoms with Gasteiger partial charge in [0.1, 0.15) is 0 Å². The van der Waals surface area contributed by atoms with Gasteiger partial charge < -0.3 is 15.3 Å². The van der Waals surface area contributed by atoms with E-state index in [0.29, 0.717) is 6.04 Å². The zero-order chi connectivity index (χ0) is 13.1. The standard InChI is InChI=1S/C15H24N2O/c1-11-8-12(2)15(13(3)9-11)17-6-5-16-10-14(17)4-7-18/h8-9,14,16,18H,4-7,10H2,1-3H3. The summed E-state index contributed by atoms with van der Waals surface area (Å²) >= 11 is 0. The van der Waals surface area contributed by atoms with E-state index in [4.69, 9.17) is 0 Å². The molecule has 1 aromatic rings. The molecular formula is C15H24N2O. The van der Waals surface area contributed by atoms with E-state index in [9.17, 15) is 5.11 Å². The number of hydrogen-bond donors (Lipinski definition) is 2. The lowest BCUT2D eigenvalue weighted by atomic mass is 10.0. The summed E-state index contributed by atoms with van der Waals surface area (Å²) in [5.41, 5.74) is 5.37. The third kappa shape index (κ3) is 2.68. The van der Waals surface area contributed by atoms with Gasteiger partial charge in [0.2, 0.25) is 0 Å². The van der Waals surface area contributed by atoms with Crippen molar-refractivity contribution in [1.82, 2.24) is 5.32 Å². The van der Waals surface area contributed by atoms with Gasteiger partial charge >= 0.3 is 0 Å². The topological polar surface area (TPSA) is 35.5 Å². The van der Waals surface area contributed by atoms with Gasteiger partial charge in [0.05, 0.1) is 0 Å². The van der Waals surface area contributed by atoms with E-state index < -0.39 is 0 Å². The number of piperazine rings is 1. The summed E-state index contributed by atoms with van der Waals surface area (Å²) in [5, 5.41) is 12.6. The van der Waals surface area contributed by atoms with Crippen molar-refractivity contribution < 1.29 is 5.11 Å². The number of nitrogens with zero attached hydrogens (tertiary/aromatic N) is 1. The van der Waals surface area contributed by atoms with Crippen molar-refractivity contribution in [2.75, 3.05) is 31.1 Å². The third-order valence-electron chi connectivity index (χ3n) is 3.74. The summed E-state index contributed by atoms with van der Waals surface area (Å²) in [7, 11) is 0. The van der Waals surface area contributed by atoms with Crippen LogP contribution < -0.4 is 10.2 Å². The summed E-state index contributed by atoms with van der Waals surface area (Å²) in [6, 6.07) is 4.91. The third-order valence-corrected chi connectivity index (χ3v) is 3.74. The molecule has 2 N–H and O–H groups in total. The zero-order valence-corrected chi connectivity index (χ0v) is 11.7. The molecule has 1 atom stereocenters. The first kappa shape index (κ1) is 13.4. The highest BCUT2D eigenvalue weighted by atomic mass is 16.3. The van der Waals surface area contributed by atoms with Crippen molar-refractivity contribution >= 4 is 5.69 Å². The highest BCUT2D eigenvalue weighted by Crippen LogP contribution is 2.29. The Labute approximate surface area is 110 Å². The smallest absolute Gasteiger partial charge is 0.0451 e. The summed E-state index contributed by atoms with van der Waals surface area (Å²) in [6.07, 6.45) is 0.833. The number of anilines is 1. The van der Waals surface area contributed by atoms with Crippen LogP contribution in [0.4, 0.5) is 5.69 Å². The number of benzene rings is 1. The van der Waals surface area contributed by atoms with Crippen molar-refractivity contribution in [2.24, 2.45) is 0 Å². The molecule has 18 heavy (non-hydrogen) atoms. The van der Waals surface area contributed by atoms with E-state index in [1.54, 1.807) is 0 Å². The Hall–Kier alpha value is -1.06. The minimum absolute atomic E-state index is 0.257. The molecule has 0 spiro atoms. The Kier molecular flexibility index (Phi) is 4.25. The van der Waals surface area contributed by atoms with Gasteiger partial charge in [-0.15, -0.1) is 0 Å². The maximum Gasteiger partial charge on any atom is 0.0451 e. The van der Waals surface area contributed by atoms with Crippen LogP contribution in [0.2, 0.25) is 0 Å². The normalized spacial score (nSPS) is 20.2. The van der Waals surface area contributed by atoms with E-state index in [1.165, 1.54) is 22.4 Å². The fourth-order valence-corrected chi connectivity index (χ4v) is 3.09. The van der Waals surface area contributed by atoms with Crippen LogP contribution in [0.5, 0.6) is 0 Å². The van der Waals surface area contributed by atoms with Crippen LogP contribution in [0, 0.1) is 20.8 Å². The SMILES string of the molecule is Cc1cc(C)c(N2CCNCC2CCO)c(C)c1. The van der Waals surface area contributed by atoms with Crippen molar-refractivity contribution in [3.63, 3.8) is 0 Å². The molecule has 2 rings (SSSR count). The lowest BCUT2D eigenvalue weighted by molar-refractivity contribution is 0.266. The summed E-state index contributed by atoms with van der Waals surface area (Å²) in [5.74, 6) is 0. The maximum absolute atomic E-state index is 9.21.